The largest absolute Gasteiger partial charge is 0.493 e. The number of unbranched alkanes of at least 4 members (excludes halogenated alkanes) is 1. The lowest BCUT2D eigenvalue weighted by atomic mass is 10.2. The van der Waals surface area contributed by atoms with Gasteiger partial charge in [0.25, 0.3) is 11.1 Å². The van der Waals surface area contributed by atoms with Crippen LogP contribution in [0.2, 0.25) is 0 Å². The van der Waals surface area contributed by atoms with Crippen molar-refractivity contribution in [3.05, 3.63) is 34.7 Å². The number of rotatable bonds is 7. The SMILES string of the molecule is CCCCOc1ccccc1/C=C1\SC(=O)N(CN2CCOCC2)C1=O. The molecule has 2 fully saturated rings. The zero-order valence-corrected chi connectivity index (χ0v) is 15.8. The number of ether oxygens (including phenoxy) is 2. The van der Waals surface area contributed by atoms with Gasteiger partial charge in [-0.05, 0) is 30.3 Å². The van der Waals surface area contributed by atoms with Crippen molar-refractivity contribution < 1.29 is 19.1 Å². The van der Waals surface area contributed by atoms with E-state index < -0.39 is 0 Å². The van der Waals surface area contributed by atoms with Crippen LogP contribution >= 0.6 is 11.8 Å². The lowest BCUT2D eigenvalue weighted by Crippen LogP contribution is -2.45. The number of nitrogens with zero attached hydrogens (tertiary/aromatic N) is 2. The fourth-order valence-corrected chi connectivity index (χ4v) is 3.59. The van der Waals surface area contributed by atoms with E-state index in [4.69, 9.17) is 9.47 Å². The molecule has 2 aliphatic rings. The molecule has 0 saturated carbocycles. The van der Waals surface area contributed by atoms with Gasteiger partial charge >= 0.3 is 0 Å². The number of hydrogen-bond donors (Lipinski definition) is 0. The molecule has 0 bridgehead atoms. The number of carbonyl (C=O) groups is 2. The van der Waals surface area contributed by atoms with Gasteiger partial charge in [0.15, 0.2) is 0 Å². The molecule has 2 aliphatic heterocycles. The third kappa shape index (κ3) is 4.66. The highest BCUT2D eigenvalue weighted by molar-refractivity contribution is 8.18. The molecule has 26 heavy (non-hydrogen) atoms. The summed E-state index contributed by atoms with van der Waals surface area (Å²) in [5, 5.41) is -0.225. The third-order valence-electron chi connectivity index (χ3n) is 4.28. The molecule has 0 spiro atoms. The molecule has 1 aromatic carbocycles. The van der Waals surface area contributed by atoms with Crippen molar-refractivity contribution >= 4 is 29.0 Å². The van der Waals surface area contributed by atoms with Crippen LogP contribution in [0.15, 0.2) is 29.2 Å². The van der Waals surface area contributed by atoms with E-state index >= 15 is 0 Å². The Morgan fingerprint density at radius 1 is 1.23 bits per heavy atom. The molecule has 0 radical (unpaired) electrons. The minimum atomic E-state index is -0.241. The van der Waals surface area contributed by atoms with Crippen LogP contribution in [0.3, 0.4) is 0 Å². The Morgan fingerprint density at radius 3 is 2.77 bits per heavy atom. The Hall–Kier alpha value is -1.83. The van der Waals surface area contributed by atoms with Gasteiger partial charge < -0.3 is 9.47 Å². The van der Waals surface area contributed by atoms with Crippen LogP contribution in [0.5, 0.6) is 5.75 Å². The first-order valence-electron chi connectivity index (χ1n) is 8.96. The van der Waals surface area contributed by atoms with Crippen molar-refractivity contribution in [1.82, 2.24) is 9.80 Å². The van der Waals surface area contributed by atoms with E-state index in [1.807, 2.05) is 24.3 Å². The molecule has 140 valence electrons. The maximum absolute atomic E-state index is 12.7. The maximum atomic E-state index is 12.7. The van der Waals surface area contributed by atoms with Gasteiger partial charge in [0.1, 0.15) is 5.75 Å². The second kappa shape index (κ2) is 9.21. The molecule has 7 heteroatoms. The lowest BCUT2D eigenvalue weighted by Gasteiger charge is -2.29. The summed E-state index contributed by atoms with van der Waals surface area (Å²) < 4.78 is 11.1. The van der Waals surface area contributed by atoms with Crippen molar-refractivity contribution in [3.8, 4) is 5.75 Å². The monoisotopic (exact) mass is 376 g/mol. The van der Waals surface area contributed by atoms with Crippen LogP contribution in [0.25, 0.3) is 6.08 Å². The summed E-state index contributed by atoms with van der Waals surface area (Å²) >= 11 is 0.987. The van der Waals surface area contributed by atoms with Gasteiger partial charge in [0.05, 0.1) is 31.4 Å². The summed E-state index contributed by atoms with van der Waals surface area (Å²) in [7, 11) is 0. The number of morpholine rings is 1. The fourth-order valence-electron chi connectivity index (χ4n) is 2.76. The number of para-hydroxylation sites is 1. The molecule has 0 aliphatic carbocycles. The molecule has 6 nitrogen and oxygen atoms in total. The predicted molar refractivity (Wildman–Crippen MR) is 102 cm³/mol. The van der Waals surface area contributed by atoms with Gasteiger partial charge in [-0.3, -0.25) is 19.4 Å². The molecule has 0 unspecified atom stereocenters. The van der Waals surface area contributed by atoms with Gasteiger partial charge in [0, 0.05) is 18.7 Å². The van der Waals surface area contributed by atoms with Gasteiger partial charge in [0.2, 0.25) is 0 Å². The van der Waals surface area contributed by atoms with E-state index in [1.165, 1.54) is 4.90 Å². The normalized spacial score (nSPS) is 20.2. The molecule has 0 N–H and O–H groups in total. The summed E-state index contributed by atoms with van der Waals surface area (Å²) in [6.07, 6.45) is 3.79. The van der Waals surface area contributed by atoms with Crippen LogP contribution in [0.4, 0.5) is 4.79 Å². The third-order valence-corrected chi connectivity index (χ3v) is 5.19. The average Bonchev–Trinajstić information content (AvgIpc) is 2.92. The number of imide groups is 1. The highest BCUT2D eigenvalue weighted by atomic mass is 32.2. The van der Waals surface area contributed by atoms with E-state index in [1.54, 1.807) is 6.08 Å². The topological polar surface area (TPSA) is 59.1 Å². The van der Waals surface area contributed by atoms with Crippen LogP contribution in [-0.4, -0.2) is 60.5 Å². The summed E-state index contributed by atoms with van der Waals surface area (Å²) in [6, 6.07) is 7.59. The first-order chi connectivity index (χ1) is 12.7. The Morgan fingerprint density at radius 2 is 2.00 bits per heavy atom. The first-order valence-corrected chi connectivity index (χ1v) is 9.78. The molecule has 3 rings (SSSR count). The van der Waals surface area contributed by atoms with E-state index in [-0.39, 0.29) is 11.1 Å². The summed E-state index contributed by atoms with van der Waals surface area (Å²) in [6.45, 7) is 5.80. The van der Waals surface area contributed by atoms with E-state index in [9.17, 15) is 9.59 Å². The van der Waals surface area contributed by atoms with Gasteiger partial charge in [-0.15, -0.1) is 0 Å². The molecule has 2 heterocycles. The van der Waals surface area contributed by atoms with E-state index in [0.717, 1.165) is 49.0 Å². The van der Waals surface area contributed by atoms with Crippen LogP contribution in [0.1, 0.15) is 25.3 Å². The predicted octanol–water partition coefficient (Wildman–Crippen LogP) is 3.19. The summed E-state index contributed by atoms with van der Waals surface area (Å²) in [4.78, 5) is 28.8. The smallest absolute Gasteiger partial charge is 0.294 e. The molecule has 0 aromatic heterocycles. The molecule has 2 saturated heterocycles. The van der Waals surface area contributed by atoms with Crippen molar-refractivity contribution in [2.75, 3.05) is 39.6 Å². The number of amides is 2. The molecule has 2 amide bonds. The zero-order chi connectivity index (χ0) is 18.4. The Kier molecular flexibility index (Phi) is 6.71. The van der Waals surface area contributed by atoms with Crippen molar-refractivity contribution in [1.29, 1.82) is 0 Å². The minimum absolute atomic E-state index is 0.225. The van der Waals surface area contributed by atoms with Crippen LogP contribution in [0, 0.1) is 0 Å². The van der Waals surface area contributed by atoms with Gasteiger partial charge in [-0.2, -0.15) is 0 Å². The summed E-state index contributed by atoms with van der Waals surface area (Å²) in [5.74, 6) is 0.496. The highest BCUT2D eigenvalue weighted by Crippen LogP contribution is 2.34. The molecular weight excluding hydrogens is 352 g/mol. The second-order valence-corrected chi connectivity index (χ2v) is 7.21. The number of benzene rings is 1. The van der Waals surface area contributed by atoms with E-state index in [0.29, 0.717) is 31.4 Å². The van der Waals surface area contributed by atoms with Crippen molar-refractivity contribution in [2.45, 2.75) is 19.8 Å². The van der Waals surface area contributed by atoms with Gasteiger partial charge in [-0.1, -0.05) is 31.5 Å². The van der Waals surface area contributed by atoms with Crippen molar-refractivity contribution in [3.63, 3.8) is 0 Å². The molecule has 0 atom stereocenters. The summed E-state index contributed by atoms with van der Waals surface area (Å²) in [5.41, 5.74) is 0.820. The lowest BCUT2D eigenvalue weighted by molar-refractivity contribution is -0.125. The Balaban J connectivity index is 1.71. The second-order valence-electron chi connectivity index (χ2n) is 6.22. The average molecular weight is 376 g/mol. The van der Waals surface area contributed by atoms with Crippen LogP contribution < -0.4 is 4.74 Å². The van der Waals surface area contributed by atoms with Gasteiger partial charge in [-0.25, -0.2) is 0 Å². The van der Waals surface area contributed by atoms with E-state index in [2.05, 4.69) is 11.8 Å². The molecular formula is C19H24N2O4S. The first kappa shape index (κ1) is 18.9. The Bertz CT molecular complexity index is 686. The maximum Gasteiger partial charge on any atom is 0.294 e. The minimum Gasteiger partial charge on any atom is -0.493 e. The fraction of sp³-hybridized carbons (Fsp3) is 0.474. The number of hydrogen-bond acceptors (Lipinski definition) is 6. The number of thioether (sulfide) groups is 1. The quantitative estimate of drug-likeness (QED) is 0.538. The highest BCUT2D eigenvalue weighted by Gasteiger charge is 2.36. The Labute approximate surface area is 158 Å². The standard InChI is InChI=1S/C19H24N2O4S/c1-2-3-10-25-16-7-5-4-6-15(16)13-17-18(22)21(19(23)26-17)14-20-8-11-24-12-9-20/h4-7,13H,2-3,8-12,14H2,1H3/b17-13-. The number of carbonyl (C=O) groups excluding carboxylic acids is 2. The zero-order valence-electron chi connectivity index (χ0n) is 15.0. The van der Waals surface area contributed by atoms with Crippen molar-refractivity contribution in [2.24, 2.45) is 0 Å². The van der Waals surface area contributed by atoms with Crippen LogP contribution in [-0.2, 0) is 9.53 Å². The molecule has 1 aromatic rings.